The first-order valence-electron chi connectivity index (χ1n) is 16.6. The molecule has 1 fully saturated rings. The molecule has 0 saturated carbocycles. The van der Waals surface area contributed by atoms with E-state index in [1.807, 2.05) is 58.0 Å². The van der Waals surface area contributed by atoms with Crippen LogP contribution in [0, 0.1) is 23.7 Å². The van der Waals surface area contributed by atoms with Crippen molar-refractivity contribution in [1.29, 1.82) is 0 Å². The van der Waals surface area contributed by atoms with E-state index in [0.717, 1.165) is 10.5 Å². The summed E-state index contributed by atoms with van der Waals surface area (Å²) in [5, 5.41) is 19.8. The van der Waals surface area contributed by atoms with Crippen molar-refractivity contribution < 1.29 is 37.4 Å². The maximum Gasteiger partial charge on any atom is 0.325 e. The number of amides is 5. The van der Waals surface area contributed by atoms with Gasteiger partial charge in [0.05, 0.1) is 30.1 Å². The van der Waals surface area contributed by atoms with E-state index in [9.17, 15) is 32.7 Å². The zero-order valence-corrected chi connectivity index (χ0v) is 30.2. The molecule has 4 atom stereocenters. The first-order valence-corrected chi connectivity index (χ1v) is 18.0. The van der Waals surface area contributed by atoms with Crippen LogP contribution in [0.2, 0.25) is 0 Å². The summed E-state index contributed by atoms with van der Waals surface area (Å²) < 4.78 is 34.0. The number of imide groups is 1. The minimum atomic E-state index is -4.06. The van der Waals surface area contributed by atoms with E-state index >= 15 is 0 Å². The Bertz CT molecular complexity index is 1530. The standard InChI is InChI=1S/C35H51N5O8S/c1-22(2)18-36-30(42)21-40-34(44)32(38-35(40)45)31(24(5)6)33(43)37-28(17-25-11-9-8-10-12-25)29(41)20-39(19-23(3)4)49(46,47)27-15-13-26(48-7)14-16-27/h8-16,22-24,28-29,31-32,41H,17-21H2,1-7H3,(H,36,42)(H,37,43)(H,38,45)/t28-,29+,31-,32?/m0/s1. The smallest absolute Gasteiger partial charge is 0.325 e. The predicted molar refractivity (Wildman–Crippen MR) is 185 cm³/mol. The molecule has 1 aliphatic rings. The zero-order valence-electron chi connectivity index (χ0n) is 29.4. The fourth-order valence-electron chi connectivity index (χ4n) is 5.63. The molecule has 0 aliphatic carbocycles. The minimum absolute atomic E-state index is 0.0302. The summed E-state index contributed by atoms with van der Waals surface area (Å²) in [6.45, 7) is 10.7. The van der Waals surface area contributed by atoms with Gasteiger partial charge in [0, 0.05) is 19.6 Å². The van der Waals surface area contributed by atoms with Crippen LogP contribution in [0.25, 0.3) is 0 Å². The van der Waals surface area contributed by atoms with Crippen LogP contribution in [0.4, 0.5) is 4.79 Å². The van der Waals surface area contributed by atoms with E-state index in [4.69, 9.17) is 4.74 Å². The van der Waals surface area contributed by atoms with Gasteiger partial charge in [-0.05, 0) is 54.0 Å². The average molecular weight is 702 g/mol. The van der Waals surface area contributed by atoms with E-state index in [-0.39, 0.29) is 36.2 Å². The van der Waals surface area contributed by atoms with Gasteiger partial charge in [-0.1, -0.05) is 71.9 Å². The summed E-state index contributed by atoms with van der Waals surface area (Å²) in [6.07, 6.45) is -1.21. The summed E-state index contributed by atoms with van der Waals surface area (Å²) >= 11 is 0. The number of sulfonamides is 1. The summed E-state index contributed by atoms with van der Waals surface area (Å²) in [7, 11) is -2.58. The molecule has 0 spiro atoms. The van der Waals surface area contributed by atoms with Crippen molar-refractivity contribution in [2.45, 2.75) is 71.0 Å². The number of hydrogen-bond acceptors (Lipinski definition) is 8. The number of hydrogen-bond donors (Lipinski definition) is 4. The Hall–Kier alpha value is -4.01. The topological polar surface area (TPSA) is 174 Å². The number of methoxy groups -OCH3 is 1. The van der Waals surface area contributed by atoms with Crippen LogP contribution in [0.3, 0.4) is 0 Å². The number of ether oxygens (including phenoxy) is 1. The van der Waals surface area contributed by atoms with Crippen molar-refractivity contribution in [2.24, 2.45) is 23.7 Å². The van der Waals surface area contributed by atoms with Crippen LogP contribution < -0.4 is 20.7 Å². The molecular weight excluding hydrogens is 650 g/mol. The van der Waals surface area contributed by atoms with E-state index < -0.39 is 70.3 Å². The summed E-state index contributed by atoms with van der Waals surface area (Å²) in [5.41, 5.74) is 0.783. The third-order valence-electron chi connectivity index (χ3n) is 8.19. The van der Waals surface area contributed by atoms with Gasteiger partial charge in [-0.15, -0.1) is 0 Å². The van der Waals surface area contributed by atoms with Crippen LogP contribution in [-0.2, 0) is 30.8 Å². The van der Waals surface area contributed by atoms with E-state index in [1.54, 1.807) is 26.0 Å². The van der Waals surface area contributed by atoms with Crippen molar-refractivity contribution in [3.8, 4) is 5.75 Å². The summed E-state index contributed by atoms with van der Waals surface area (Å²) in [6, 6.07) is 12.1. The number of carbonyl (C=O) groups is 4. The third kappa shape index (κ3) is 10.7. The molecule has 1 aliphatic heterocycles. The van der Waals surface area contributed by atoms with Gasteiger partial charge >= 0.3 is 6.03 Å². The maximum absolute atomic E-state index is 14.0. The molecule has 14 heteroatoms. The number of carbonyl (C=O) groups excluding carboxylic acids is 4. The van der Waals surface area contributed by atoms with E-state index in [0.29, 0.717) is 12.3 Å². The second-order valence-electron chi connectivity index (χ2n) is 13.6. The number of aliphatic hydroxyl groups is 1. The quantitative estimate of drug-likeness (QED) is 0.172. The Morgan fingerprint density at radius 2 is 1.59 bits per heavy atom. The van der Waals surface area contributed by atoms with Gasteiger partial charge in [0.1, 0.15) is 18.3 Å². The fourth-order valence-corrected chi connectivity index (χ4v) is 7.25. The second kappa shape index (κ2) is 17.6. The highest BCUT2D eigenvalue weighted by molar-refractivity contribution is 7.89. The lowest BCUT2D eigenvalue weighted by Crippen LogP contribution is -2.55. The van der Waals surface area contributed by atoms with Gasteiger partial charge in [0.15, 0.2) is 0 Å². The van der Waals surface area contributed by atoms with Gasteiger partial charge in [-0.2, -0.15) is 4.31 Å². The Balaban J connectivity index is 1.88. The molecule has 0 aromatic heterocycles. The molecule has 49 heavy (non-hydrogen) atoms. The predicted octanol–water partition coefficient (Wildman–Crippen LogP) is 2.40. The minimum Gasteiger partial charge on any atom is -0.497 e. The molecule has 0 bridgehead atoms. The molecule has 1 saturated heterocycles. The van der Waals surface area contributed by atoms with Gasteiger partial charge in [-0.25, -0.2) is 13.2 Å². The number of benzene rings is 2. The lowest BCUT2D eigenvalue weighted by Gasteiger charge is -2.32. The highest BCUT2D eigenvalue weighted by Gasteiger charge is 2.47. The Kier molecular flexibility index (Phi) is 14.2. The number of rotatable bonds is 18. The van der Waals surface area contributed by atoms with Crippen LogP contribution in [-0.4, -0.2) is 98.0 Å². The van der Waals surface area contributed by atoms with Gasteiger partial charge in [0.25, 0.3) is 5.91 Å². The molecule has 0 radical (unpaired) electrons. The number of urea groups is 1. The van der Waals surface area contributed by atoms with Crippen molar-refractivity contribution in [1.82, 2.24) is 25.2 Å². The Labute approximate surface area is 289 Å². The lowest BCUT2D eigenvalue weighted by atomic mass is 9.86. The number of aliphatic hydroxyl groups excluding tert-OH is 1. The molecule has 3 rings (SSSR count). The van der Waals surface area contributed by atoms with Gasteiger partial charge in [-0.3, -0.25) is 19.3 Å². The molecule has 2 aromatic carbocycles. The first-order chi connectivity index (χ1) is 23.0. The van der Waals surface area contributed by atoms with Gasteiger partial charge < -0.3 is 25.8 Å². The lowest BCUT2D eigenvalue weighted by molar-refractivity contribution is -0.137. The summed E-state index contributed by atoms with van der Waals surface area (Å²) in [5.74, 6) is -2.71. The Morgan fingerprint density at radius 3 is 2.14 bits per heavy atom. The van der Waals surface area contributed by atoms with Gasteiger partial charge in [0.2, 0.25) is 21.8 Å². The molecule has 4 N–H and O–H groups in total. The molecule has 1 heterocycles. The number of nitrogens with zero attached hydrogens (tertiary/aromatic N) is 2. The molecule has 2 aromatic rings. The van der Waals surface area contributed by atoms with Crippen LogP contribution in [0.5, 0.6) is 5.75 Å². The maximum atomic E-state index is 14.0. The van der Waals surface area contributed by atoms with Crippen molar-refractivity contribution in [3.05, 3.63) is 60.2 Å². The molecule has 1 unspecified atom stereocenters. The largest absolute Gasteiger partial charge is 0.497 e. The normalized spacial score (nSPS) is 17.0. The molecule has 5 amide bonds. The molecular formula is C35H51N5O8S. The molecule has 13 nitrogen and oxygen atoms in total. The average Bonchev–Trinajstić information content (AvgIpc) is 3.31. The van der Waals surface area contributed by atoms with Crippen molar-refractivity contribution in [2.75, 3.05) is 33.3 Å². The first kappa shape index (κ1) is 39.4. The molecule has 270 valence electrons. The van der Waals surface area contributed by atoms with Crippen LogP contribution in [0.1, 0.15) is 47.1 Å². The fraction of sp³-hybridized carbons (Fsp3) is 0.543. The van der Waals surface area contributed by atoms with Crippen molar-refractivity contribution in [3.63, 3.8) is 0 Å². The monoisotopic (exact) mass is 701 g/mol. The van der Waals surface area contributed by atoms with Crippen LogP contribution >= 0.6 is 0 Å². The van der Waals surface area contributed by atoms with Crippen LogP contribution in [0.15, 0.2) is 59.5 Å². The zero-order chi connectivity index (χ0) is 36.5. The Morgan fingerprint density at radius 1 is 0.959 bits per heavy atom. The van der Waals surface area contributed by atoms with E-state index in [1.165, 1.54) is 23.5 Å². The highest BCUT2D eigenvalue weighted by atomic mass is 32.2. The van der Waals surface area contributed by atoms with E-state index in [2.05, 4.69) is 16.0 Å². The SMILES string of the molecule is COc1ccc(S(=O)(=O)N(CC(C)C)C[C@@H](O)[C@H](Cc2ccccc2)NC(=O)[C@@H](C(C)C)C2NC(=O)N(CC(=O)NCC(C)C)C2=O)cc1. The second-order valence-corrected chi connectivity index (χ2v) is 15.5. The third-order valence-corrected chi connectivity index (χ3v) is 10.0. The highest BCUT2D eigenvalue weighted by Crippen LogP contribution is 2.24. The number of nitrogens with one attached hydrogen (secondary N) is 3. The summed E-state index contributed by atoms with van der Waals surface area (Å²) in [4.78, 5) is 53.5. The van der Waals surface area contributed by atoms with Crippen molar-refractivity contribution >= 4 is 33.8 Å².